The SMILES string of the molecule is CN(CC(=O)Nc1c(Cl)cccc1Cl)S(=O)(=O)c1ccc2c(c1)CCC(=O)N2. The van der Waals surface area contributed by atoms with Crippen molar-refractivity contribution in [1.29, 1.82) is 0 Å². The predicted octanol–water partition coefficient (Wildman–Crippen LogP) is 3.14. The number of amides is 2. The molecule has 0 saturated heterocycles. The molecule has 0 unspecified atom stereocenters. The van der Waals surface area contributed by atoms with Crippen molar-refractivity contribution < 1.29 is 18.0 Å². The number of hydrogen-bond donors (Lipinski definition) is 2. The van der Waals surface area contributed by atoms with E-state index < -0.39 is 22.5 Å². The summed E-state index contributed by atoms with van der Waals surface area (Å²) in [6.45, 7) is -0.419. The number of rotatable bonds is 5. The summed E-state index contributed by atoms with van der Waals surface area (Å²) in [5.74, 6) is -0.679. The van der Waals surface area contributed by atoms with E-state index in [1.54, 1.807) is 24.3 Å². The topological polar surface area (TPSA) is 95.6 Å². The average molecular weight is 442 g/mol. The average Bonchev–Trinajstić information content (AvgIpc) is 2.64. The Morgan fingerprint density at radius 2 is 1.86 bits per heavy atom. The molecule has 0 aromatic heterocycles. The lowest BCUT2D eigenvalue weighted by atomic mass is 10.0. The molecule has 28 heavy (non-hydrogen) atoms. The minimum atomic E-state index is -3.90. The molecule has 1 aliphatic rings. The van der Waals surface area contributed by atoms with Crippen LogP contribution in [0.15, 0.2) is 41.3 Å². The van der Waals surface area contributed by atoms with Crippen molar-refractivity contribution in [3.05, 3.63) is 52.0 Å². The van der Waals surface area contributed by atoms with Crippen LogP contribution in [0.3, 0.4) is 0 Å². The van der Waals surface area contributed by atoms with Gasteiger partial charge in [-0.25, -0.2) is 8.42 Å². The number of halogens is 2. The number of benzene rings is 2. The van der Waals surface area contributed by atoms with E-state index in [1.165, 1.54) is 19.2 Å². The van der Waals surface area contributed by atoms with Crippen LogP contribution in [0.25, 0.3) is 0 Å². The fourth-order valence-corrected chi connectivity index (χ4v) is 4.45. The van der Waals surface area contributed by atoms with Crippen molar-refractivity contribution in [3.63, 3.8) is 0 Å². The maximum absolute atomic E-state index is 12.8. The zero-order valence-corrected chi connectivity index (χ0v) is 17.2. The van der Waals surface area contributed by atoms with Crippen molar-refractivity contribution >= 4 is 56.4 Å². The van der Waals surface area contributed by atoms with Crippen LogP contribution in [0.2, 0.25) is 10.0 Å². The summed E-state index contributed by atoms with van der Waals surface area (Å²) >= 11 is 12.0. The largest absolute Gasteiger partial charge is 0.326 e. The van der Waals surface area contributed by atoms with E-state index in [-0.39, 0.29) is 26.5 Å². The molecule has 2 N–H and O–H groups in total. The fourth-order valence-electron chi connectivity index (χ4n) is 2.78. The maximum Gasteiger partial charge on any atom is 0.243 e. The highest BCUT2D eigenvalue weighted by atomic mass is 35.5. The molecular formula is C18H17Cl2N3O4S. The van der Waals surface area contributed by atoms with Gasteiger partial charge in [0.05, 0.1) is 27.2 Å². The van der Waals surface area contributed by atoms with Gasteiger partial charge in [0.25, 0.3) is 0 Å². The molecule has 1 aliphatic heterocycles. The third-order valence-corrected chi connectivity index (χ3v) is 6.70. The van der Waals surface area contributed by atoms with Crippen LogP contribution in [0.1, 0.15) is 12.0 Å². The second kappa shape index (κ2) is 8.08. The molecule has 7 nitrogen and oxygen atoms in total. The van der Waals surface area contributed by atoms with Crippen molar-refractivity contribution in [3.8, 4) is 0 Å². The van der Waals surface area contributed by atoms with Crippen LogP contribution in [0.5, 0.6) is 0 Å². The number of para-hydroxylation sites is 1. The number of carbonyl (C=O) groups excluding carboxylic acids is 2. The zero-order valence-electron chi connectivity index (χ0n) is 14.8. The Morgan fingerprint density at radius 1 is 1.18 bits per heavy atom. The maximum atomic E-state index is 12.8. The van der Waals surface area contributed by atoms with Gasteiger partial charge < -0.3 is 10.6 Å². The van der Waals surface area contributed by atoms with Gasteiger partial charge in [-0.1, -0.05) is 29.3 Å². The highest BCUT2D eigenvalue weighted by Crippen LogP contribution is 2.30. The van der Waals surface area contributed by atoms with Gasteiger partial charge in [-0.2, -0.15) is 4.31 Å². The number of nitrogens with zero attached hydrogens (tertiary/aromatic N) is 1. The van der Waals surface area contributed by atoms with Crippen LogP contribution >= 0.6 is 23.2 Å². The van der Waals surface area contributed by atoms with Crippen LogP contribution in [0.4, 0.5) is 11.4 Å². The lowest BCUT2D eigenvalue weighted by molar-refractivity contribution is -0.117. The first-order valence-corrected chi connectivity index (χ1v) is 10.5. The Bertz CT molecular complexity index is 1040. The normalized spacial score (nSPS) is 13.8. The molecule has 2 amide bonds. The van der Waals surface area contributed by atoms with Gasteiger partial charge in [0.15, 0.2) is 0 Å². The summed E-state index contributed by atoms with van der Waals surface area (Å²) in [6, 6.07) is 9.24. The van der Waals surface area contributed by atoms with Crippen LogP contribution in [-0.2, 0) is 26.0 Å². The van der Waals surface area contributed by atoms with Gasteiger partial charge >= 0.3 is 0 Å². The third kappa shape index (κ3) is 4.30. The summed E-state index contributed by atoms with van der Waals surface area (Å²) in [6.07, 6.45) is 0.757. The Kier molecular flexibility index (Phi) is 5.95. The molecule has 0 bridgehead atoms. The number of likely N-dealkylation sites (N-methyl/N-ethyl adjacent to an activating group) is 1. The van der Waals surface area contributed by atoms with E-state index >= 15 is 0 Å². The first-order valence-electron chi connectivity index (χ1n) is 8.31. The van der Waals surface area contributed by atoms with E-state index in [0.29, 0.717) is 18.5 Å². The highest BCUT2D eigenvalue weighted by molar-refractivity contribution is 7.89. The zero-order chi connectivity index (χ0) is 20.5. The quantitative estimate of drug-likeness (QED) is 0.744. The third-order valence-electron chi connectivity index (χ3n) is 4.27. The first kappa shape index (κ1) is 20.6. The summed E-state index contributed by atoms with van der Waals surface area (Å²) < 4.78 is 26.6. The standard InChI is InChI=1S/C18H17Cl2N3O4S/c1-23(10-17(25)22-18-13(19)3-2-4-14(18)20)28(26,27)12-6-7-15-11(9-12)5-8-16(24)21-15/h2-4,6-7,9H,5,8,10H2,1H3,(H,21,24)(H,22,25). The van der Waals surface area contributed by atoms with E-state index in [9.17, 15) is 18.0 Å². The van der Waals surface area contributed by atoms with Crippen LogP contribution in [0, 0.1) is 0 Å². The molecule has 0 fully saturated rings. The minimum Gasteiger partial charge on any atom is -0.326 e. The molecule has 1 heterocycles. The molecule has 0 radical (unpaired) electrons. The monoisotopic (exact) mass is 441 g/mol. The Hall–Kier alpha value is -2.13. The van der Waals surface area contributed by atoms with Gasteiger partial charge in [0.2, 0.25) is 21.8 Å². The van der Waals surface area contributed by atoms with E-state index in [2.05, 4.69) is 10.6 Å². The number of fused-ring (bicyclic) bond motifs is 1. The van der Waals surface area contributed by atoms with Gasteiger partial charge in [-0.3, -0.25) is 9.59 Å². The summed E-state index contributed by atoms with van der Waals surface area (Å²) in [5.41, 5.74) is 1.57. The van der Waals surface area contributed by atoms with E-state index in [0.717, 1.165) is 9.87 Å². The fraction of sp³-hybridized carbons (Fsp3) is 0.222. The van der Waals surface area contributed by atoms with Crippen molar-refractivity contribution in [2.45, 2.75) is 17.7 Å². The highest BCUT2D eigenvalue weighted by Gasteiger charge is 2.25. The molecular weight excluding hydrogens is 425 g/mol. The van der Waals surface area contributed by atoms with Crippen molar-refractivity contribution in [2.24, 2.45) is 0 Å². The Morgan fingerprint density at radius 3 is 2.54 bits per heavy atom. The number of sulfonamides is 1. The van der Waals surface area contributed by atoms with Crippen LogP contribution < -0.4 is 10.6 Å². The van der Waals surface area contributed by atoms with E-state index in [1.807, 2.05) is 0 Å². The van der Waals surface area contributed by atoms with Crippen molar-refractivity contribution in [2.75, 3.05) is 24.2 Å². The van der Waals surface area contributed by atoms with E-state index in [4.69, 9.17) is 23.2 Å². The second-order valence-corrected chi connectivity index (χ2v) is 9.13. The van der Waals surface area contributed by atoms with Gasteiger partial charge in [-0.15, -0.1) is 0 Å². The van der Waals surface area contributed by atoms with Gasteiger partial charge in [0.1, 0.15) is 0 Å². The second-order valence-electron chi connectivity index (χ2n) is 6.27. The van der Waals surface area contributed by atoms with Crippen molar-refractivity contribution in [1.82, 2.24) is 4.31 Å². The summed E-state index contributed by atoms with van der Waals surface area (Å²) in [4.78, 5) is 23.8. The summed E-state index contributed by atoms with van der Waals surface area (Å²) in [7, 11) is -2.59. The number of carbonyl (C=O) groups is 2. The molecule has 0 atom stereocenters. The molecule has 148 valence electrons. The predicted molar refractivity (Wildman–Crippen MR) is 108 cm³/mol. The molecule has 3 rings (SSSR count). The van der Waals surface area contributed by atoms with Crippen LogP contribution in [-0.4, -0.2) is 38.1 Å². The molecule has 2 aromatic rings. The van der Waals surface area contributed by atoms with Gasteiger partial charge in [0, 0.05) is 19.2 Å². The number of anilines is 2. The Balaban J connectivity index is 1.75. The minimum absolute atomic E-state index is 0.0495. The van der Waals surface area contributed by atoms with Gasteiger partial charge in [-0.05, 0) is 42.3 Å². The first-order chi connectivity index (χ1) is 13.2. The molecule has 0 saturated carbocycles. The smallest absolute Gasteiger partial charge is 0.243 e. The summed E-state index contributed by atoms with van der Waals surface area (Å²) in [5, 5.41) is 5.74. The molecule has 0 aliphatic carbocycles. The number of nitrogens with one attached hydrogen (secondary N) is 2. The molecule has 0 spiro atoms. The molecule has 2 aromatic carbocycles. The number of hydrogen-bond acceptors (Lipinski definition) is 4. The lowest BCUT2D eigenvalue weighted by Crippen LogP contribution is -2.35. The lowest BCUT2D eigenvalue weighted by Gasteiger charge is -2.20. The molecule has 10 heteroatoms. The number of aryl methyl sites for hydroxylation is 1. The Labute approximate surface area is 172 Å².